The zero-order chi connectivity index (χ0) is 17.1. The van der Waals surface area contributed by atoms with Crippen molar-refractivity contribution in [3.8, 4) is 16.9 Å². The van der Waals surface area contributed by atoms with Crippen LogP contribution in [0.4, 0.5) is 5.82 Å². The number of benzene rings is 2. The van der Waals surface area contributed by atoms with Crippen molar-refractivity contribution in [1.29, 1.82) is 0 Å². The van der Waals surface area contributed by atoms with E-state index in [2.05, 4.69) is 4.99 Å². The first kappa shape index (κ1) is 15.1. The maximum atomic E-state index is 5.56. The average Bonchev–Trinajstić information content (AvgIpc) is 3.28. The van der Waals surface area contributed by atoms with Crippen LogP contribution in [0.2, 0.25) is 0 Å². The molecule has 0 spiro atoms. The van der Waals surface area contributed by atoms with E-state index in [1.165, 1.54) is 0 Å². The lowest BCUT2D eigenvalue weighted by Gasteiger charge is -2.03. The van der Waals surface area contributed by atoms with Crippen LogP contribution in [0, 0.1) is 6.92 Å². The van der Waals surface area contributed by atoms with Crippen LogP contribution in [0.5, 0.6) is 0 Å². The Labute approximate surface area is 146 Å². The number of aromatic nitrogens is 2. The summed E-state index contributed by atoms with van der Waals surface area (Å²) in [5.41, 5.74) is 2.90. The molecule has 0 saturated carbocycles. The smallest absolute Gasteiger partial charge is 0.156 e. The van der Waals surface area contributed by atoms with Crippen LogP contribution in [0.1, 0.15) is 11.5 Å². The van der Waals surface area contributed by atoms with Crippen LogP contribution in [-0.2, 0) is 0 Å². The molecule has 0 N–H and O–H groups in total. The molecule has 4 aromatic rings. The van der Waals surface area contributed by atoms with Gasteiger partial charge in [-0.25, -0.2) is 9.67 Å². The van der Waals surface area contributed by atoms with Crippen molar-refractivity contribution in [3.63, 3.8) is 0 Å². The van der Waals surface area contributed by atoms with Gasteiger partial charge in [-0.05, 0) is 31.2 Å². The molecule has 0 fully saturated rings. The van der Waals surface area contributed by atoms with Gasteiger partial charge in [-0.15, -0.1) is 0 Å². The van der Waals surface area contributed by atoms with Crippen LogP contribution < -0.4 is 0 Å². The molecule has 0 atom stereocenters. The second kappa shape index (κ2) is 6.61. The number of para-hydroxylation sites is 1. The van der Waals surface area contributed by atoms with E-state index in [-0.39, 0.29) is 0 Å². The molecule has 0 unspecified atom stereocenters. The standard InChI is InChI=1S/C21H17N3O/c1-16-12-13-19(25-16)15-22-21-14-20(17-8-4-2-5-9-17)23-24(21)18-10-6-3-7-11-18/h2-15H,1H3. The number of hydrogen-bond donors (Lipinski definition) is 0. The Morgan fingerprint density at radius 2 is 1.64 bits per heavy atom. The average molecular weight is 327 g/mol. The Morgan fingerprint density at radius 1 is 0.920 bits per heavy atom. The van der Waals surface area contributed by atoms with Crippen LogP contribution in [0.3, 0.4) is 0 Å². The van der Waals surface area contributed by atoms with Crippen molar-refractivity contribution in [3.05, 3.63) is 90.4 Å². The van der Waals surface area contributed by atoms with Gasteiger partial charge in [0.2, 0.25) is 0 Å². The number of aryl methyl sites for hydroxylation is 1. The first-order chi connectivity index (χ1) is 12.3. The van der Waals surface area contributed by atoms with Gasteiger partial charge >= 0.3 is 0 Å². The van der Waals surface area contributed by atoms with Gasteiger partial charge in [0.05, 0.1) is 17.6 Å². The molecule has 4 nitrogen and oxygen atoms in total. The van der Waals surface area contributed by atoms with Crippen LogP contribution in [-0.4, -0.2) is 16.0 Å². The lowest BCUT2D eigenvalue weighted by molar-refractivity contribution is 0.528. The van der Waals surface area contributed by atoms with E-state index in [9.17, 15) is 0 Å². The van der Waals surface area contributed by atoms with Crippen molar-refractivity contribution in [2.75, 3.05) is 0 Å². The molecule has 0 radical (unpaired) electrons. The van der Waals surface area contributed by atoms with Crippen LogP contribution in [0.25, 0.3) is 16.9 Å². The minimum absolute atomic E-state index is 0.722. The van der Waals surface area contributed by atoms with E-state index in [1.807, 2.05) is 90.5 Å². The summed E-state index contributed by atoms with van der Waals surface area (Å²) in [5.74, 6) is 2.33. The van der Waals surface area contributed by atoms with E-state index < -0.39 is 0 Å². The third-order valence-electron chi connectivity index (χ3n) is 3.85. The van der Waals surface area contributed by atoms with Gasteiger partial charge in [0.1, 0.15) is 11.5 Å². The Hall–Kier alpha value is -3.40. The molecule has 122 valence electrons. The molecule has 0 bridgehead atoms. The molecular weight excluding hydrogens is 310 g/mol. The van der Waals surface area contributed by atoms with E-state index in [0.717, 1.165) is 34.3 Å². The highest BCUT2D eigenvalue weighted by Crippen LogP contribution is 2.26. The van der Waals surface area contributed by atoms with Gasteiger partial charge in [0.15, 0.2) is 5.82 Å². The third kappa shape index (κ3) is 3.28. The lowest BCUT2D eigenvalue weighted by atomic mass is 10.2. The summed E-state index contributed by atoms with van der Waals surface area (Å²) in [4.78, 5) is 4.59. The lowest BCUT2D eigenvalue weighted by Crippen LogP contribution is -1.96. The van der Waals surface area contributed by atoms with Gasteiger partial charge in [0.25, 0.3) is 0 Å². The maximum absolute atomic E-state index is 5.56. The highest BCUT2D eigenvalue weighted by molar-refractivity contribution is 5.79. The number of aliphatic imine (C=N–C) groups is 1. The van der Waals surface area contributed by atoms with Crippen molar-refractivity contribution >= 4 is 12.0 Å². The van der Waals surface area contributed by atoms with Crippen molar-refractivity contribution < 1.29 is 4.42 Å². The maximum Gasteiger partial charge on any atom is 0.156 e. The first-order valence-corrected chi connectivity index (χ1v) is 8.11. The number of furan rings is 1. The van der Waals surface area contributed by atoms with E-state index in [0.29, 0.717) is 0 Å². The zero-order valence-corrected chi connectivity index (χ0v) is 13.8. The molecule has 2 aromatic carbocycles. The molecule has 0 amide bonds. The molecule has 4 heteroatoms. The fourth-order valence-electron chi connectivity index (χ4n) is 2.62. The van der Waals surface area contributed by atoms with E-state index in [4.69, 9.17) is 9.52 Å². The van der Waals surface area contributed by atoms with E-state index >= 15 is 0 Å². The van der Waals surface area contributed by atoms with Gasteiger partial charge in [-0.1, -0.05) is 48.5 Å². The Kier molecular flexibility index (Phi) is 4.01. The molecule has 0 aliphatic carbocycles. The van der Waals surface area contributed by atoms with Gasteiger partial charge < -0.3 is 4.42 Å². The van der Waals surface area contributed by atoms with Crippen molar-refractivity contribution in [2.45, 2.75) is 6.92 Å². The second-order valence-corrected chi connectivity index (χ2v) is 5.71. The summed E-state index contributed by atoms with van der Waals surface area (Å²) < 4.78 is 7.41. The van der Waals surface area contributed by atoms with Crippen LogP contribution in [0.15, 0.2) is 88.3 Å². The van der Waals surface area contributed by atoms with Crippen molar-refractivity contribution in [1.82, 2.24) is 9.78 Å². The number of rotatable bonds is 4. The SMILES string of the molecule is Cc1ccc(C=Nc2cc(-c3ccccc3)nn2-c2ccccc2)o1. The highest BCUT2D eigenvalue weighted by atomic mass is 16.3. The Balaban J connectivity index is 1.78. The summed E-state index contributed by atoms with van der Waals surface area (Å²) in [7, 11) is 0. The summed E-state index contributed by atoms with van der Waals surface area (Å²) in [5, 5.41) is 4.74. The van der Waals surface area contributed by atoms with Crippen molar-refractivity contribution in [2.24, 2.45) is 4.99 Å². The summed E-state index contributed by atoms with van der Waals surface area (Å²) in [6.45, 7) is 1.92. The monoisotopic (exact) mass is 327 g/mol. The zero-order valence-electron chi connectivity index (χ0n) is 13.8. The summed E-state index contributed by atoms with van der Waals surface area (Å²) in [6.07, 6.45) is 1.72. The minimum Gasteiger partial charge on any atom is -0.460 e. The normalized spacial score (nSPS) is 11.2. The predicted octanol–water partition coefficient (Wildman–Crippen LogP) is 5.19. The fourth-order valence-corrected chi connectivity index (χ4v) is 2.62. The largest absolute Gasteiger partial charge is 0.460 e. The van der Waals surface area contributed by atoms with Gasteiger partial charge in [-0.2, -0.15) is 5.10 Å². The topological polar surface area (TPSA) is 43.3 Å². The summed E-state index contributed by atoms with van der Waals surface area (Å²) in [6, 6.07) is 25.9. The number of hydrogen-bond acceptors (Lipinski definition) is 3. The van der Waals surface area contributed by atoms with Crippen LogP contribution >= 0.6 is 0 Å². The first-order valence-electron chi connectivity index (χ1n) is 8.11. The Bertz CT molecular complexity index is 998. The van der Waals surface area contributed by atoms with Gasteiger partial charge in [0, 0.05) is 11.6 Å². The fraction of sp³-hybridized carbons (Fsp3) is 0.0476. The molecule has 4 rings (SSSR count). The minimum atomic E-state index is 0.722. The Morgan fingerprint density at radius 3 is 2.32 bits per heavy atom. The third-order valence-corrected chi connectivity index (χ3v) is 3.85. The molecule has 2 heterocycles. The molecule has 2 aromatic heterocycles. The highest BCUT2D eigenvalue weighted by Gasteiger charge is 2.10. The molecular formula is C21H17N3O. The molecule has 0 aliphatic heterocycles. The predicted molar refractivity (Wildman–Crippen MR) is 99.7 cm³/mol. The number of nitrogens with zero attached hydrogens (tertiary/aromatic N) is 3. The quantitative estimate of drug-likeness (QED) is 0.484. The second-order valence-electron chi connectivity index (χ2n) is 5.71. The van der Waals surface area contributed by atoms with Gasteiger partial charge in [-0.3, -0.25) is 0 Å². The molecule has 25 heavy (non-hydrogen) atoms. The molecule has 0 aliphatic rings. The summed E-state index contributed by atoms with van der Waals surface area (Å²) >= 11 is 0. The molecule has 0 saturated heterocycles. The van der Waals surface area contributed by atoms with E-state index in [1.54, 1.807) is 6.21 Å².